The van der Waals surface area contributed by atoms with Gasteiger partial charge in [-0.25, -0.2) is 4.57 Å². The second-order valence-corrected chi connectivity index (χ2v) is 15.9. The van der Waals surface area contributed by atoms with Crippen LogP contribution >= 0.6 is 7.82 Å². The molecule has 6 unspecified atom stereocenters. The summed E-state index contributed by atoms with van der Waals surface area (Å²) in [5.41, 5.74) is 0. The Hall–Kier alpha value is -1.15. The van der Waals surface area contributed by atoms with Gasteiger partial charge in [-0.3, -0.25) is 18.6 Å². The second-order valence-electron chi connectivity index (χ2n) is 14.5. The average molecular weight is 769 g/mol. The SMILES string of the molecule is CCCCCCCCCCCCCCCC(=O)O[C@H](COC(=O)CCCCCCCCCCCC)COP(=O)(O)OC1C(O)C(O)C(O)[C@@H](O)C1O. The second kappa shape index (κ2) is 30.1. The predicted octanol–water partition coefficient (Wildman–Crippen LogP) is 6.55. The van der Waals surface area contributed by atoms with Gasteiger partial charge in [0.2, 0.25) is 0 Å². The molecule has 0 aliphatic heterocycles. The summed E-state index contributed by atoms with van der Waals surface area (Å²) in [5.74, 6) is -1.09. The highest BCUT2D eigenvalue weighted by Gasteiger charge is 2.51. The molecule has 308 valence electrons. The van der Waals surface area contributed by atoms with Crippen molar-refractivity contribution in [3.05, 3.63) is 0 Å². The van der Waals surface area contributed by atoms with Crippen LogP contribution in [0.5, 0.6) is 0 Å². The standard InChI is InChI=1S/C38H73O13P/c1-3-5-7-9-11-13-15-16-17-19-21-23-25-27-32(40)50-30(28-48-31(39)26-24-22-20-18-14-12-10-8-6-4-2)29-49-52(46,47)51-38-36(44)34(42)33(41)35(43)37(38)45/h30,33-38,41-45H,3-29H2,1-2H3,(H,46,47)/t30-,33?,34-,35?,36?,37?,38?/m1/s1. The Morgan fingerprint density at radius 3 is 1.27 bits per heavy atom. The number of carbonyl (C=O) groups is 2. The van der Waals surface area contributed by atoms with E-state index >= 15 is 0 Å². The van der Waals surface area contributed by atoms with E-state index in [2.05, 4.69) is 13.8 Å². The molecular weight excluding hydrogens is 695 g/mol. The van der Waals surface area contributed by atoms with Crippen LogP contribution in [-0.4, -0.2) is 98.3 Å². The van der Waals surface area contributed by atoms with Crippen LogP contribution in [-0.2, 0) is 32.7 Å². The molecule has 14 heteroatoms. The van der Waals surface area contributed by atoms with E-state index in [1.807, 2.05) is 0 Å². The fourth-order valence-corrected chi connectivity index (χ4v) is 7.32. The Labute approximate surface area is 312 Å². The molecule has 0 heterocycles. The molecule has 1 aliphatic carbocycles. The van der Waals surface area contributed by atoms with Gasteiger partial charge in [-0.2, -0.15) is 0 Å². The largest absolute Gasteiger partial charge is 0.472 e. The number of aliphatic hydroxyl groups is 5. The van der Waals surface area contributed by atoms with E-state index in [0.717, 1.165) is 38.5 Å². The molecular formula is C38H73O13P. The van der Waals surface area contributed by atoms with Gasteiger partial charge in [-0.15, -0.1) is 0 Å². The average Bonchev–Trinajstić information content (AvgIpc) is 3.12. The van der Waals surface area contributed by atoms with Crippen molar-refractivity contribution in [1.82, 2.24) is 0 Å². The van der Waals surface area contributed by atoms with Crippen LogP contribution in [0.4, 0.5) is 0 Å². The molecule has 1 fully saturated rings. The van der Waals surface area contributed by atoms with E-state index in [1.54, 1.807) is 0 Å². The lowest BCUT2D eigenvalue weighted by molar-refractivity contribution is -0.220. The van der Waals surface area contributed by atoms with Crippen molar-refractivity contribution in [3.8, 4) is 0 Å². The minimum atomic E-state index is -5.10. The molecule has 1 aliphatic rings. The minimum absolute atomic E-state index is 0.104. The highest BCUT2D eigenvalue weighted by molar-refractivity contribution is 7.47. The molecule has 1 rings (SSSR count). The van der Waals surface area contributed by atoms with Gasteiger partial charge in [-0.1, -0.05) is 149 Å². The van der Waals surface area contributed by atoms with E-state index in [-0.39, 0.29) is 12.8 Å². The molecule has 0 radical (unpaired) electrons. The van der Waals surface area contributed by atoms with Crippen LogP contribution in [0.15, 0.2) is 0 Å². The van der Waals surface area contributed by atoms with Gasteiger partial charge >= 0.3 is 19.8 Å². The normalized spacial score (nSPS) is 23.6. The number of aliphatic hydroxyl groups excluding tert-OH is 5. The van der Waals surface area contributed by atoms with Crippen LogP contribution in [0.3, 0.4) is 0 Å². The van der Waals surface area contributed by atoms with Crippen LogP contribution < -0.4 is 0 Å². The zero-order chi connectivity index (χ0) is 38.6. The van der Waals surface area contributed by atoms with Crippen molar-refractivity contribution in [2.75, 3.05) is 13.2 Å². The molecule has 13 nitrogen and oxygen atoms in total. The Kier molecular flexibility index (Phi) is 28.3. The first kappa shape index (κ1) is 48.9. The number of ether oxygens (including phenoxy) is 2. The molecule has 0 amide bonds. The molecule has 0 saturated heterocycles. The first-order valence-electron chi connectivity index (χ1n) is 20.3. The van der Waals surface area contributed by atoms with E-state index in [4.69, 9.17) is 18.5 Å². The van der Waals surface area contributed by atoms with Crippen LogP contribution in [0.1, 0.15) is 174 Å². The smallest absolute Gasteiger partial charge is 0.462 e. The van der Waals surface area contributed by atoms with Crippen molar-refractivity contribution in [3.63, 3.8) is 0 Å². The number of carbonyl (C=O) groups excluding carboxylic acids is 2. The van der Waals surface area contributed by atoms with Gasteiger partial charge in [0.05, 0.1) is 6.61 Å². The number of esters is 2. The first-order valence-corrected chi connectivity index (χ1v) is 21.8. The Bertz CT molecular complexity index is 938. The quantitative estimate of drug-likeness (QED) is 0.0238. The monoisotopic (exact) mass is 768 g/mol. The number of unbranched alkanes of at least 4 members (excludes halogenated alkanes) is 21. The number of rotatable bonds is 33. The Morgan fingerprint density at radius 1 is 0.519 bits per heavy atom. The van der Waals surface area contributed by atoms with Gasteiger partial charge in [0.25, 0.3) is 0 Å². The third-order valence-electron chi connectivity index (χ3n) is 9.70. The third kappa shape index (κ3) is 22.9. The van der Waals surface area contributed by atoms with Crippen LogP contribution in [0, 0.1) is 0 Å². The highest BCUT2D eigenvalue weighted by Crippen LogP contribution is 2.47. The molecule has 6 N–H and O–H groups in total. The maximum Gasteiger partial charge on any atom is 0.472 e. The topological polar surface area (TPSA) is 210 Å². The number of hydrogen-bond acceptors (Lipinski definition) is 12. The lowest BCUT2D eigenvalue weighted by Crippen LogP contribution is -2.64. The summed E-state index contributed by atoms with van der Waals surface area (Å²) in [6.45, 7) is 3.26. The van der Waals surface area contributed by atoms with Crippen LogP contribution in [0.25, 0.3) is 0 Å². The van der Waals surface area contributed by atoms with E-state index in [0.29, 0.717) is 12.8 Å². The summed E-state index contributed by atoms with van der Waals surface area (Å²) >= 11 is 0. The zero-order valence-corrected chi connectivity index (χ0v) is 33.0. The number of hydrogen-bond donors (Lipinski definition) is 6. The van der Waals surface area contributed by atoms with Crippen molar-refractivity contribution < 1.29 is 63.1 Å². The summed E-state index contributed by atoms with van der Waals surface area (Å²) in [7, 11) is -5.10. The highest BCUT2D eigenvalue weighted by atomic mass is 31.2. The van der Waals surface area contributed by atoms with E-state index < -0.39 is 75.7 Å². The van der Waals surface area contributed by atoms with Gasteiger partial charge in [0, 0.05) is 12.8 Å². The molecule has 0 aromatic carbocycles. The third-order valence-corrected chi connectivity index (χ3v) is 10.7. The van der Waals surface area contributed by atoms with Crippen molar-refractivity contribution in [2.24, 2.45) is 0 Å². The lowest BCUT2D eigenvalue weighted by Gasteiger charge is -2.41. The Morgan fingerprint density at radius 2 is 0.865 bits per heavy atom. The molecule has 0 aromatic heterocycles. The zero-order valence-electron chi connectivity index (χ0n) is 32.1. The van der Waals surface area contributed by atoms with Crippen molar-refractivity contribution >= 4 is 19.8 Å². The van der Waals surface area contributed by atoms with Gasteiger partial charge in [0.1, 0.15) is 43.2 Å². The maximum absolute atomic E-state index is 12.7. The maximum atomic E-state index is 12.7. The summed E-state index contributed by atoms with van der Waals surface area (Å²) in [6, 6.07) is 0. The fourth-order valence-electron chi connectivity index (χ4n) is 6.35. The number of phosphoric acid groups is 1. The molecule has 0 bridgehead atoms. The molecule has 0 spiro atoms. The summed E-state index contributed by atoms with van der Waals surface area (Å²) < 4.78 is 33.3. The predicted molar refractivity (Wildman–Crippen MR) is 198 cm³/mol. The fraction of sp³-hybridized carbons (Fsp3) is 0.947. The van der Waals surface area contributed by atoms with Gasteiger partial charge in [-0.05, 0) is 12.8 Å². The van der Waals surface area contributed by atoms with E-state index in [9.17, 15) is 44.6 Å². The number of phosphoric ester groups is 1. The molecule has 1 saturated carbocycles. The van der Waals surface area contributed by atoms with Crippen molar-refractivity contribution in [2.45, 2.75) is 217 Å². The van der Waals surface area contributed by atoms with Crippen molar-refractivity contribution in [1.29, 1.82) is 0 Å². The Balaban J connectivity index is 2.52. The molecule has 52 heavy (non-hydrogen) atoms. The summed E-state index contributed by atoms with van der Waals surface area (Å²) in [4.78, 5) is 35.4. The minimum Gasteiger partial charge on any atom is -0.462 e. The van der Waals surface area contributed by atoms with Gasteiger partial charge < -0.3 is 39.9 Å². The molecule has 8 atom stereocenters. The lowest BCUT2D eigenvalue weighted by atomic mass is 9.85. The summed E-state index contributed by atoms with van der Waals surface area (Å²) in [6.07, 6.45) is 13.2. The van der Waals surface area contributed by atoms with Gasteiger partial charge in [0.15, 0.2) is 6.10 Å². The van der Waals surface area contributed by atoms with E-state index in [1.165, 1.54) is 96.3 Å². The summed E-state index contributed by atoms with van der Waals surface area (Å²) in [5, 5.41) is 49.9. The van der Waals surface area contributed by atoms with Crippen LogP contribution in [0.2, 0.25) is 0 Å². The molecule has 0 aromatic rings. The first-order chi connectivity index (χ1) is 24.9.